The van der Waals surface area contributed by atoms with Crippen molar-refractivity contribution >= 4 is 16.8 Å². The minimum atomic E-state index is 0.296. The molecule has 0 aliphatic heterocycles. The number of hydrogen-bond donors (Lipinski definition) is 1. The van der Waals surface area contributed by atoms with Crippen LogP contribution in [-0.2, 0) is 0 Å². The number of nitrogens with two attached hydrogens (primary N) is 1. The molecule has 0 radical (unpaired) electrons. The van der Waals surface area contributed by atoms with Crippen LogP contribution >= 0.6 is 0 Å². The molecule has 0 bridgehead atoms. The smallest absolute Gasteiger partial charge is 0.190 e. The maximum absolute atomic E-state index is 5.86. The van der Waals surface area contributed by atoms with E-state index in [-0.39, 0.29) is 0 Å². The zero-order valence-corrected chi connectivity index (χ0v) is 10.7. The summed E-state index contributed by atoms with van der Waals surface area (Å²) in [7, 11) is 1.53. The van der Waals surface area contributed by atoms with Crippen LogP contribution in [0.25, 0.3) is 22.4 Å². The molecule has 5 nitrogen and oxygen atoms in total. The normalized spacial score (nSPS) is 10.8. The predicted octanol–water partition coefficient (Wildman–Crippen LogP) is 2.79. The van der Waals surface area contributed by atoms with E-state index in [1.54, 1.807) is 0 Å². The summed E-state index contributed by atoms with van der Waals surface area (Å²) >= 11 is 0. The summed E-state index contributed by atoms with van der Waals surface area (Å²) in [6.07, 6.45) is 1.40. The van der Waals surface area contributed by atoms with E-state index in [0.29, 0.717) is 23.0 Å². The van der Waals surface area contributed by atoms with E-state index in [2.05, 4.69) is 9.97 Å². The summed E-state index contributed by atoms with van der Waals surface area (Å²) in [6, 6.07) is 7.91. The van der Waals surface area contributed by atoms with Crippen molar-refractivity contribution in [3.8, 4) is 17.2 Å². The van der Waals surface area contributed by atoms with Gasteiger partial charge in [-0.25, -0.2) is 9.97 Å². The molecule has 0 atom stereocenters. The summed E-state index contributed by atoms with van der Waals surface area (Å²) in [5, 5.41) is 1.02. The highest BCUT2D eigenvalue weighted by atomic mass is 16.5. The van der Waals surface area contributed by atoms with Gasteiger partial charge in [0.05, 0.1) is 7.11 Å². The monoisotopic (exact) mass is 255 g/mol. The molecule has 2 aromatic heterocycles. The predicted molar refractivity (Wildman–Crippen MR) is 72.9 cm³/mol. The zero-order valence-electron chi connectivity index (χ0n) is 10.7. The Balaban J connectivity index is 2.25. The molecule has 0 fully saturated rings. The number of benzene rings is 1. The Hall–Kier alpha value is -2.56. The number of methoxy groups -OCH3 is 1. The molecule has 19 heavy (non-hydrogen) atoms. The van der Waals surface area contributed by atoms with Gasteiger partial charge in [0, 0.05) is 5.39 Å². The van der Waals surface area contributed by atoms with Gasteiger partial charge in [-0.05, 0) is 18.6 Å². The van der Waals surface area contributed by atoms with Crippen molar-refractivity contribution in [1.29, 1.82) is 0 Å². The Morgan fingerprint density at radius 3 is 2.84 bits per heavy atom. The largest absolute Gasteiger partial charge is 0.491 e. The Bertz CT molecular complexity index is 750. The van der Waals surface area contributed by atoms with Gasteiger partial charge in [-0.15, -0.1) is 0 Å². The minimum absolute atomic E-state index is 0.296. The fraction of sp³-hybridized carbons (Fsp3) is 0.143. The van der Waals surface area contributed by atoms with Gasteiger partial charge in [-0.1, -0.05) is 18.2 Å². The van der Waals surface area contributed by atoms with Crippen LogP contribution < -0.4 is 10.5 Å². The molecule has 2 heterocycles. The highest BCUT2D eigenvalue weighted by Gasteiger charge is 2.16. The van der Waals surface area contributed by atoms with E-state index < -0.39 is 0 Å². The van der Waals surface area contributed by atoms with E-state index in [1.165, 1.54) is 13.4 Å². The van der Waals surface area contributed by atoms with Crippen LogP contribution in [-0.4, -0.2) is 17.1 Å². The standard InChI is InChI=1S/C14H13N3O2/c1-8-4-3-5-9-6-10(19-12(8)9)11-13(18-2)14(15)17-7-16-11/h3-7H,1-2H3,(H2,15,16,17). The second-order valence-corrected chi connectivity index (χ2v) is 4.24. The molecule has 0 saturated carbocycles. The summed E-state index contributed by atoms with van der Waals surface area (Å²) < 4.78 is 11.1. The number of rotatable bonds is 2. The van der Waals surface area contributed by atoms with Crippen molar-refractivity contribution < 1.29 is 9.15 Å². The van der Waals surface area contributed by atoms with Gasteiger partial charge in [0.25, 0.3) is 0 Å². The Kier molecular flexibility index (Phi) is 2.59. The number of aromatic nitrogens is 2. The van der Waals surface area contributed by atoms with Gasteiger partial charge in [0.2, 0.25) is 0 Å². The number of furan rings is 1. The van der Waals surface area contributed by atoms with Gasteiger partial charge in [-0.2, -0.15) is 0 Å². The first kappa shape index (κ1) is 11.5. The van der Waals surface area contributed by atoms with Crippen molar-refractivity contribution in [2.75, 3.05) is 12.8 Å². The van der Waals surface area contributed by atoms with Crippen LogP contribution in [0.3, 0.4) is 0 Å². The molecule has 96 valence electrons. The van der Waals surface area contributed by atoms with E-state index >= 15 is 0 Å². The van der Waals surface area contributed by atoms with Crippen LogP contribution in [0.1, 0.15) is 5.56 Å². The first-order valence-electron chi connectivity index (χ1n) is 5.84. The lowest BCUT2D eigenvalue weighted by atomic mass is 10.2. The molecule has 0 aliphatic rings. The second-order valence-electron chi connectivity index (χ2n) is 4.24. The summed E-state index contributed by atoms with van der Waals surface area (Å²) in [5.41, 5.74) is 8.25. The Morgan fingerprint density at radius 1 is 1.26 bits per heavy atom. The highest BCUT2D eigenvalue weighted by molar-refractivity contribution is 5.86. The molecule has 3 rings (SSSR count). The number of aryl methyl sites for hydroxylation is 1. The summed E-state index contributed by atoms with van der Waals surface area (Å²) in [5.74, 6) is 1.35. The third-order valence-corrected chi connectivity index (χ3v) is 3.01. The van der Waals surface area contributed by atoms with Gasteiger partial charge in [0.1, 0.15) is 11.9 Å². The number of nitrogens with zero attached hydrogens (tertiary/aromatic N) is 2. The lowest BCUT2D eigenvalue weighted by Gasteiger charge is -2.06. The quantitative estimate of drug-likeness (QED) is 0.762. The van der Waals surface area contributed by atoms with Crippen LogP contribution in [0.5, 0.6) is 5.75 Å². The SMILES string of the molecule is COc1c(N)ncnc1-c1cc2cccc(C)c2o1. The topological polar surface area (TPSA) is 74.2 Å². The van der Waals surface area contributed by atoms with Gasteiger partial charge in [-0.3, -0.25) is 0 Å². The van der Waals surface area contributed by atoms with Crippen molar-refractivity contribution in [3.05, 3.63) is 36.2 Å². The van der Waals surface area contributed by atoms with E-state index in [4.69, 9.17) is 14.9 Å². The first-order chi connectivity index (χ1) is 9.20. The molecule has 2 N–H and O–H groups in total. The molecule has 3 aromatic rings. The molecule has 1 aromatic carbocycles. The maximum Gasteiger partial charge on any atom is 0.190 e. The molecular formula is C14H13N3O2. The lowest BCUT2D eigenvalue weighted by molar-refractivity contribution is 0.413. The Morgan fingerprint density at radius 2 is 2.11 bits per heavy atom. The number of ether oxygens (including phenoxy) is 1. The number of anilines is 1. The minimum Gasteiger partial charge on any atom is -0.491 e. The number of nitrogen functional groups attached to an aromatic ring is 1. The first-order valence-corrected chi connectivity index (χ1v) is 5.84. The molecule has 0 spiro atoms. The maximum atomic E-state index is 5.86. The zero-order chi connectivity index (χ0) is 13.4. The number of fused-ring (bicyclic) bond motifs is 1. The van der Waals surface area contributed by atoms with E-state index in [0.717, 1.165) is 16.5 Å². The number of para-hydroxylation sites is 1. The fourth-order valence-corrected chi connectivity index (χ4v) is 2.09. The molecule has 0 amide bonds. The third-order valence-electron chi connectivity index (χ3n) is 3.01. The average molecular weight is 255 g/mol. The van der Waals surface area contributed by atoms with E-state index in [9.17, 15) is 0 Å². The van der Waals surface area contributed by atoms with Crippen LogP contribution in [0.4, 0.5) is 5.82 Å². The third kappa shape index (κ3) is 1.79. The lowest BCUT2D eigenvalue weighted by Crippen LogP contribution is -1.99. The Labute approximate surface area is 110 Å². The van der Waals surface area contributed by atoms with Crippen molar-refractivity contribution in [2.45, 2.75) is 6.92 Å². The summed E-state index contributed by atoms with van der Waals surface area (Å²) in [6.45, 7) is 2.00. The molecular weight excluding hydrogens is 242 g/mol. The number of hydrogen-bond acceptors (Lipinski definition) is 5. The van der Waals surface area contributed by atoms with Gasteiger partial charge >= 0.3 is 0 Å². The molecule has 0 saturated heterocycles. The van der Waals surface area contributed by atoms with Crippen molar-refractivity contribution in [1.82, 2.24) is 9.97 Å². The van der Waals surface area contributed by atoms with E-state index in [1.807, 2.05) is 31.2 Å². The van der Waals surface area contributed by atoms with Crippen LogP contribution in [0.2, 0.25) is 0 Å². The van der Waals surface area contributed by atoms with Crippen molar-refractivity contribution in [2.24, 2.45) is 0 Å². The highest BCUT2D eigenvalue weighted by Crippen LogP contribution is 2.35. The second kappa shape index (κ2) is 4.28. The van der Waals surface area contributed by atoms with Crippen molar-refractivity contribution in [3.63, 3.8) is 0 Å². The summed E-state index contributed by atoms with van der Waals surface area (Å²) in [4.78, 5) is 8.10. The van der Waals surface area contributed by atoms with Gasteiger partial charge in [0.15, 0.2) is 23.0 Å². The fourth-order valence-electron chi connectivity index (χ4n) is 2.09. The molecule has 5 heteroatoms. The molecule has 0 unspecified atom stereocenters. The average Bonchev–Trinajstić information content (AvgIpc) is 2.84. The van der Waals surface area contributed by atoms with Crippen LogP contribution in [0, 0.1) is 6.92 Å². The van der Waals surface area contributed by atoms with Gasteiger partial charge < -0.3 is 14.9 Å². The molecule has 0 aliphatic carbocycles. The van der Waals surface area contributed by atoms with Crippen LogP contribution in [0.15, 0.2) is 35.0 Å².